The third-order valence-corrected chi connectivity index (χ3v) is 6.23. The van der Waals surface area contributed by atoms with Crippen molar-refractivity contribution in [1.29, 1.82) is 0 Å². The number of aromatic nitrogens is 2. The van der Waals surface area contributed by atoms with Gasteiger partial charge in [-0.15, -0.1) is 0 Å². The number of halogens is 1. The van der Waals surface area contributed by atoms with Gasteiger partial charge in [0, 0.05) is 25.1 Å². The Balaban J connectivity index is 1.38. The summed E-state index contributed by atoms with van der Waals surface area (Å²) < 4.78 is 30.3. The Morgan fingerprint density at radius 2 is 2.03 bits per heavy atom. The van der Waals surface area contributed by atoms with E-state index in [1.165, 1.54) is 44.9 Å². The highest BCUT2D eigenvalue weighted by Gasteiger charge is 2.33. The van der Waals surface area contributed by atoms with Crippen LogP contribution in [-0.2, 0) is 11.2 Å². The van der Waals surface area contributed by atoms with E-state index < -0.39 is 5.82 Å². The Morgan fingerprint density at radius 3 is 2.81 bits per heavy atom. The van der Waals surface area contributed by atoms with Gasteiger partial charge in [0.1, 0.15) is 6.04 Å². The first kappa shape index (κ1) is 21.7. The Hall–Kier alpha value is -2.48. The van der Waals surface area contributed by atoms with Crippen LogP contribution in [0.2, 0.25) is 0 Å². The SMILES string of the molecule is COc1ccc(C(=O)N2CCCCC2c2nc(CCOCC3CCCC3)no2)cc1F. The molecule has 31 heavy (non-hydrogen) atoms. The van der Waals surface area contributed by atoms with Crippen LogP contribution in [0.15, 0.2) is 22.7 Å². The molecular formula is C23H30FN3O4. The molecule has 2 aliphatic rings. The van der Waals surface area contributed by atoms with Crippen LogP contribution in [0.3, 0.4) is 0 Å². The lowest BCUT2D eigenvalue weighted by Gasteiger charge is -2.33. The lowest BCUT2D eigenvalue weighted by molar-refractivity contribution is 0.0561. The van der Waals surface area contributed by atoms with Crippen LogP contribution in [-0.4, -0.2) is 47.8 Å². The van der Waals surface area contributed by atoms with Gasteiger partial charge in [0.25, 0.3) is 5.91 Å². The van der Waals surface area contributed by atoms with Crippen LogP contribution >= 0.6 is 0 Å². The summed E-state index contributed by atoms with van der Waals surface area (Å²) in [6.07, 6.45) is 8.31. The summed E-state index contributed by atoms with van der Waals surface area (Å²) in [4.78, 5) is 19.3. The number of likely N-dealkylation sites (tertiary alicyclic amines) is 1. The summed E-state index contributed by atoms with van der Waals surface area (Å²) in [6.45, 7) is 1.93. The summed E-state index contributed by atoms with van der Waals surface area (Å²) in [7, 11) is 1.40. The number of piperidine rings is 1. The Labute approximate surface area is 181 Å². The molecule has 1 unspecified atom stereocenters. The second kappa shape index (κ2) is 10.2. The standard InChI is InChI=1S/C23H30FN3O4/c1-29-20-10-9-17(14-18(20)24)23(28)27-12-5-4-8-19(27)22-25-21(26-31-22)11-13-30-15-16-6-2-3-7-16/h9-10,14,16,19H,2-8,11-13,15H2,1H3. The van der Waals surface area contributed by atoms with E-state index >= 15 is 0 Å². The lowest BCUT2D eigenvalue weighted by Crippen LogP contribution is -2.38. The van der Waals surface area contributed by atoms with E-state index in [9.17, 15) is 9.18 Å². The third-order valence-electron chi connectivity index (χ3n) is 6.23. The molecule has 168 valence electrons. The molecule has 2 aromatic rings. The number of rotatable bonds is 8. The van der Waals surface area contributed by atoms with Crippen molar-refractivity contribution >= 4 is 5.91 Å². The van der Waals surface area contributed by atoms with Crippen molar-refractivity contribution in [2.45, 2.75) is 57.4 Å². The maximum atomic E-state index is 14.1. The van der Waals surface area contributed by atoms with E-state index in [0.29, 0.717) is 37.2 Å². The molecule has 4 rings (SSSR count). The van der Waals surface area contributed by atoms with Gasteiger partial charge in [-0.25, -0.2) is 4.39 Å². The molecule has 1 saturated heterocycles. The smallest absolute Gasteiger partial charge is 0.254 e. The van der Waals surface area contributed by atoms with Crippen molar-refractivity contribution in [2.24, 2.45) is 5.92 Å². The van der Waals surface area contributed by atoms with Gasteiger partial charge in [-0.1, -0.05) is 18.0 Å². The summed E-state index contributed by atoms with van der Waals surface area (Å²) >= 11 is 0. The summed E-state index contributed by atoms with van der Waals surface area (Å²) in [5.74, 6) is 1.03. The van der Waals surface area contributed by atoms with Gasteiger partial charge in [-0.05, 0) is 56.2 Å². The molecule has 7 nitrogen and oxygen atoms in total. The van der Waals surface area contributed by atoms with Crippen molar-refractivity contribution in [3.8, 4) is 5.75 Å². The highest BCUT2D eigenvalue weighted by Crippen LogP contribution is 2.32. The average Bonchev–Trinajstić information content (AvgIpc) is 3.48. The van der Waals surface area contributed by atoms with Gasteiger partial charge < -0.3 is 18.9 Å². The first-order valence-corrected chi connectivity index (χ1v) is 11.2. The maximum Gasteiger partial charge on any atom is 0.254 e. The molecule has 1 aliphatic carbocycles. The van der Waals surface area contributed by atoms with E-state index in [1.54, 1.807) is 11.0 Å². The van der Waals surface area contributed by atoms with Crippen molar-refractivity contribution in [2.75, 3.05) is 26.9 Å². The van der Waals surface area contributed by atoms with Crippen molar-refractivity contribution < 1.29 is 23.2 Å². The van der Waals surface area contributed by atoms with Gasteiger partial charge in [0.05, 0.1) is 13.7 Å². The van der Waals surface area contributed by atoms with Gasteiger partial charge in [-0.3, -0.25) is 4.79 Å². The van der Waals surface area contributed by atoms with Crippen molar-refractivity contribution in [3.63, 3.8) is 0 Å². The van der Waals surface area contributed by atoms with E-state index in [-0.39, 0.29) is 23.3 Å². The third kappa shape index (κ3) is 5.23. The number of methoxy groups -OCH3 is 1. The van der Waals surface area contributed by atoms with Gasteiger partial charge in [0.15, 0.2) is 17.4 Å². The van der Waals surface area contributed by atoms with Gasteiger partial charge in [0.2, 0.25) is 5.89 Å². The first-order chi connectivity index (χ1) is 15.2. The molecule has 1 aromatic carbocycles. The van der Waals surface area contributed by atoms with Crippen LogP contribution in [0, 0.1) is 11.7 Å². The quantitative estimate of drug-likeness (QED) is 0.579. The molecule has 0 N–H and O–H groups in total. The zero-order chi connectivity index (χ0) is 21.6. The molecule has 1 atom stereocenters. The number of hydrogen-bond acceptors (Lipinski definition) is 6. The Kier molecular flexibility index (Phi) is 7.17. The van der Waals surface area contributed by atoms with E-state index in [4.69, 9.17) is 14.0 Å². The number of carbonyl (C=O) groups is 1. The number of carbonyl (C=O) groups excluding carboxylic acids is 1. The molecule has 1 aliphatic heterocycles. The predicted molar refractivity (Wildman–Crippen MR) is 111 cm³/mol. The monoisotopic (exact) mass is 431 g/mol. The fraction of sp³-hybridized carbons (Fsp3) is 0.609. The zero-order valence-corrected chi connectivity index (χ0v) is 18.0. The largest absolute Gasteiger partial charge is 0.494 e. The predicted octanol–water partition coefficient (Wildman–Crippen LogP) is 4.33. The van der Waals surface area contributed by atoms with Gasteiger partial charge in [-0.2, -0.15) is 4.98 Å². The van der Waals surface area contributed by atoms with Crippen LogP contribution < -0.4 is 4.74 Å². The van der Waals surface area contributed by atoms with E-state index in [2.05, 4.69) is 10.1 Å². The fourth-order valence-corrected chi connectivity index (χ4v) is 4.49. The topological polar surface area (TPSA) is 77.7 Å². The highest BCUT2D eigenvalue weighted by molar-refractivity contribution is 5.94. The summed E-state index contributed by atoms with van der Waals surface area (Å²) in [5, 5.41) is 4.08. The number of hydrogen-bond donors (Lipinski definition) is 0. The maximum absolute atomic E-state index is 14.1. The van der Waals surface area contributed by atoms with E-state index in [1.807, 2.05) is 0 Å². The highest BCUT2D eigenvalue weighted by atomic mass is 19.1. The number of amides is 1. The zero-order valence-electron chi connectivity index (χ0n) is 18.0. The second-order valence-corrected chi connectivity index (χ2v) is 8.38. The molecule has 1 amide bonds. The van der Waals surface area contributed by atoms with Crippen LogP contribution in [0.4, 0.5) is 4.39 Å². The molecule has 0 radical (unpaired) electrons. The minimum atomic E-state index is -0.556. The minimum Gasteiger partial charge on any atom is -0.494 e. The number of ether oxygens (including phenoxy) is 2. The molecule has 8 heteroatoms. The summed E-state index contributed by atoms with van der Waals surface area (Å²) in [6, 6.07) is 3.97. The molecule has 0 spiro atoms. The van der Waals surface area contributed by atoms with Crippen LogP contribution in [0.5, 0.6) is 5.75 Å². The molecule has 1 aromatic heterocycles. The van der Waals surface area contributed by atoms with Gasteiger partial charge >= 0.3 is 0 Å². The first-order valence-electron chi connectivity index (χ1n) is 11.2. The number of benzene rings is 1. The normalized spacial score (nSPS) is 19.7. The molecule has 0 bridgehead atoms. The lowest BCUT2D eigenvalue weighted by atomic mass is 10.0. The van der Waals surface area contributed by atoms with Crippen LogP contribution in [0.1, 0.15) is 73.1 Å². The van der Waals surface area contributed by atoms with Crippen LogP contribution in [0.25, 0.3) is 0 Å². The fourth-order valence-electron chi connectivity index (χ4n) is 4.49. The average molecular weight is 432 g/mol. The second-order valence-electron chi connectivity index (χ2n) is 8.38. The molecule has 2 fully saturated rings. The van der Waals surface area contributed by atoms with E-state index in [0.717, 1.165) is 25.9 Å². The van der Waals surface area contributed by atoms with Crippen molar-refractivity contribution in [1.82, 2.24) is 15.0 Å². The number of nitrogens with zero attached hydrogens (tertiary/aromatic N) is 3. The Morgan fingerprint density at radius 1 is 1.23 bits per heavy atom. The molecule has 1 saturated carbocycles. The molecular weight excluding hydrogens is 401 g/mol. The van der Waals surface area contributed by atoms with Crippen molar-refractivity contribution in [3.05, 3.63) is 41.3 Å². The molecule has 2 heterocycles. The Bertz CT molecular complexity index is 881. The summed E-state index contributed by atoms with van der Waals surface area (Å²) in [5.41, 5.74) is 0.283. The minimum absolute atomic E-state index is 0.114.